The van der Waals surface area contributed by atoms with E-state index in [0.717, 1.165) is 18.9 Å². The highest BCUT2D eigenvalue weighted by Crippen LogP contribution is 2.17. The summed E-state index contributed by atoms with van der Waals surface area (Å²) in [6.45, 7) is 2.42. The standard InChI is InChI=1S/C13H16FNO3/c1-3-4-7-15-13(17)12(16)9-5-6-11(18-2)10(14)8-9/h5-6,8H,3-4,7H2,1-2H3,(H,15,17). The van der Waals surface area contributed by atoms with Crippen molar-refractivity contribution in [2.45, 2.75) is 19.8 Å². The number of methoxy groups -OCH3 is 1. The van der Waals surface area contributed by atoms with E-state index in [1.807, 2.05) is 6.92 Å². The smallest absolute Gasteiger partial charge is 0.292 e. The van der Waals surface area contributed by atoms with E-state index in [0.29, 0.717) is 6.54 Å². The van der Waals surface area contributed by atoms with Gasteiger partial charge in [0.2, 0.25) is 5.78 Å². The van der Waals surface area contributed by atoms with E-state index in [4.69, 9.17) is 4.74 Å². The predicted molar refractivity (Wildman–Crippen MR) is 65.2 cm³/mol. The van der Waals surface area contributed by atoms with Crippen LogP contribution < -0.4 is 10.1 Å². The first-order chi connectivity index (χ1) is 8.60. The van der Waals surface area contributed by atoms with Crippen molar-refractivity contribution in [1.82, 2.24) is 5.32 Å². The Labute approximate surface area is 105 Å². The second-order valence-electron chi connectivity index (χ2n) is 3.79. The van der Waals surface area contributed by atoms with E-state index >= 15 is 0 Å². The molecule has 0 atom stereocenters. The molecule has 0 radical (unpaired) electrons. The number of ketones is 1. The van der Waals surface area contributed by atoms with E-state index < -0.39 is 17.5 Å². The van der Waals surface area contributed by atoms with Gasteiger partial charge >= 0.3 is 0 Å². The van der Waals surface area contributed by atoms with Crippen LogP contribution in [0.3, 0.4) is 0 Å². The molecule has 1 amide bonds. The van der Waals surface area contributed by atoms with E-state index in [9.17, 15) is 14.0 Å². The number of hydrogen-bond acceptors (Lipinski definition) is 3. The van der Waals surface area contributed by atoms with Gasteiger partial charge in [-0.15, -0.1) is 0 Å². The number of benzene rings is 1. The molecule has 1 aromatic rings. The van der Waals surface area contributed by atoms with Crippen LogP contribution >= 0.6 is 0 Å². The lowest BCUT2D eigenvalue weighted by molar-refractivity contribution is -0.117. The maximum Gasteiger partial charge on any atom is 0.292 e. The van der Waals surface area contributed by atoms with Crippen LogP contribution in [0.15, 0.2) is 18.2 Å². The third-order valence-corrected chi connectivity index (χ3v) is 2.44. The number of Topliss-reactive ketones (excluding diaryl/α,β-unsaturated/α-hetero) is 1. The average Bonchev–Trinajstić information content (AvgIpc) is 2.38. The molecule has 0 saturated carbocycles. The Bertz CT molecular complexity index is 446. The summed E-state index contributed by atoms with van der Waals surface area (Å²) in [7, 11) is 1.33. The Morgan fingerprint density at radius 2 is 2.11 bits per heavy atom. The first kappa shape index (κ1) is 14.2. The fourth-order valence-corrected chi connectivity index (χ4v) is 1.40. The van der Waals surface area contributed by atoms with Gasteiger partial charge in [0.15, 0.2) is 11.6 Å². The van der Waals surface area contributed by atoms with Gasteiger partial charge in [-0.05, 0) is 24.6 Å². The molecule has 4 nitrogen and oxygen atoms in total. The number of rotatable bonds is 6. The van der Waals surface area contributed by atoms with Gasteiger partial charge < -0.3 is 10.1 Å². The molecule has 0 fully saturated rings. The zero-order chi connectivity index (χ0) is 13.5. The molecule has 0 bridgehead atoms. The van der Waals surface area contributed by atoms with Crippen molar-refractivity contribution in [2.75, 3.05) is 13.7 Å². The number of carbonyl (C=O) groups excluding carboxylic acids is 2. The maximum absolute atomic E-state index is 13.4. The molecule has 0 aliphatic carbocycles. The zero-order valence-corrected chi connectivity index (χ0v) is 10.5. The van der Waals surface area contributed by atoms with Crippen molar-refractivity contribution in [3.63, 3.8) is 0 Å². The molecule has 1 rings (SSSR count). The molecule has 0 heterocycles. The summed E-state index contributed by atoms with van der Waals surface area (Å²) < 4.78 is 18.1. The molecule has 1 aromatic carbocycles. The van der Waals surface area contributed by atoms with Crippen molar-refractivity contribution in [2.24, 2.45) is 0 Å². The number of carbonyl (C=O) groups is 2. The molecule has 0 saturated heterocycles. The van der Waals surface area contributed by atoms with Crippen LogP contribution in [-0.4, -0.2) is 25.3 Å². The van der Waals surface area contributed by atoms with Crippen molar-refractivity contribution in [1.29, 1.82) is 0 Å². The van der Waals surface area contributed by atoms with E-state index in [2.05, 4.69) is 5.32 Å². The normalized spacial score (nSPS) is 9.94. The summed E-state index contributed by atoms with van der Waals surface area (Å²) in [6, 6.07) is 3.69. The monoisotopic (exact) mass is 253 g/mol. The van der Waals surface area contributed by atoms with Crippen LogP contribution in [0.2, 0.25) is 0 Å². The molecular formula is C13H16FNO3. The molecule has 1 N–H and O–H groups in total. The van der Waals surface area contributed by atoms with E-state index in [-0.39, 0.29) is 11.3 Å². The third kappa shape index (κ3) is 3.55. The number of halogens is 1. The first-order valence-corrected chi connectivity index (χ1v) is 5.76. The molecule has 0 spiro atoms. The minimum Gasteiger partial charge on any atom is -0.494 e. The van der Waals surface area contributed by atoms with Crippen LogP contribution in [0.4, 0.5) is 4.39 Å². The summed E-state index contributed by atoms with van der Waals surface area (Å²) >= 11 is 0. The molecule has 0 aliphatic rings. The first-order valence-electron chi connectivity index (χ1n) is 5.76. The van der Waals surface area contributed by atoms with Crippen molar-refractivity contribution < 1.29 is 18.7 Å². The summed E-state index contributed by atoms with van der Waals surface area (Å²) in [5.41, 5.74) is 0.0160. The van der Waals surface area contributed by atoms with Gasteiger partial charge in [-0.2, -0.15) is 0 Å². The molecule has 0 unspecified atom stereocenters. The lowest BCUT2D eigenvalue weighted by Crippen LogP contribution is -2.31. The molecule has 0 aliphatic heterocycles. The van der Waals surface area contributed by atoms with Gasteiger partial charge in [0, 0.05) is 12.1 Å². The van der Waals surface area contributed by atoms with E-state index in [1.165, 1.54) is 19.2 Å². The second kappa shape index (κ2) is 6.74. The summed E-state index contributed by atoms with van der Waals surface area (Å²) in [5, 5.41) is 2.49. The Balaban J connectivity index is 2.72. The molecule has 0 aromatic heterocycles. The van der Waals surface area contributed by atoms with Crippen molar-refractivity contribution >= 4 is 11.7 Å². The summed E-state index contributed by atoms with van der Waals surface area (Å²) in [4.78, 5) is 23.1. The van der Waals surface area contributed by atoms with Gasteiger partial charge in [-0.3, -0.25) is 9.59 Å². The molecule has 18 heavy (non-hydrogen) atoms. The fourth-order valence-electron chi connectivity index (χ4n) is 1.40. The SMILES string of the molecule is CCCCNC(=O)C(=O)c1ccc(OC)c(F)c1. The molecular weight excluding hydrogens is 237 g/mol. The van der Waals surface area contributed by atoms with Gasteiger partial charge in [0.25, 0.3) is 5.91 Å². The van der Waals surface area contributed by atoms with Gasteiger partial charge in [0.1, 0.15) is 0 Å². The zero-order valence-electron chi connectivity index (χ0n) is 10.5. The largest absolute Gasteiger partial charge is 0.494 e. The number of unbranched alkanes of at least 4 members (excludes halogenated alkanes) is 1. The lowest BCUT2D eigenvalue weighted by atomic mass is 10.1. The predicted octanol–water partition coefficient (Wildman–Crippen LogP) is 1.93. The Morgan fingerprint density at radius 3 is 2.67 bits per heavy atom. The van der Waals surface area contributed by atoms with Gasteiger partial charge in [-0.1, -0.05) is 13.3 Å². The second-order valence-corrected chi connectivity index (χ2v) is 3.79. The van der Waals surface area contributed by atoms with Crippen LogP contribution in [0, 0.1) is 5.82 Å². The van der Waals surface area contributed by atoms with Gasteiger partial charge in [-0.25, -0.2) is 4.39 Å². The highest BCUT2D eigenvalue weighted by Gasteiger charge is 2.17. The number of ether oxygens (including phenoxy) is 1. The highest BCUT2D eigenvalue weighted by atomic mass is 19.1. The van der Waals surface area contributed by atoms with E-state index in [1.54, 1.807) is 0 Å². The molecule has 5 heteroatoms. The van der Waals surface area contributed by atoms with Crippen LogP contribution in [0.5, 0.6) is 5.75 Å². The summed E-state index contributed by atoms with van der Waals surface area (Å²) in [6.07, 6.45) is 1.72. The van der Waals surface area contributed by atoms with Crippen LogP contribution in [0.25, 0.3) is 0 Å². The minimum absolute atomic E-state index is 0.0160. The van der Waals surface area contributed by atoms with Crippen LogP contribution in [-0.2, 0) is 4.79 Å². The highest BCUT2D eigenvalue weighted by molar-refractivity contribution is 6.42. The van der Waals surface area contributed by atoms with Crippen molar-refractivity contribution in [3.05, 3.63) is 29.6 Å². The number of nitrogens with one attached hydrogen (secondary N) is 1. The average molecular weight is 253 g/mol. The fraction of sp³-hybridized carbons (Fsp3) is 0.385. The topological polar surface area (TPSA) is 55.4 Å². The Morgan fingerprint density at radius 1 is 1.39 bits per heavy atom. The lowest BCUT2D eigenvalue weighted by Gasteiger charge is -2.05. The number of amides is 1. The molecule has 98 valence electrons. The Hall–Kier alpha value is -1.91. The van der Waals surface area contributed by atoms with Gasteiger partial charge in [0.05, 0.1) is 7.11 Å². The minimum atomic E-state index is -0.743. The summed E-state index contributed by atoms with van der Waals surface area (Å²) in [5.74, 6) is -2.08. The Kier molecular flexibility index (Phi) is 5.30. The quantitative estimate of drug-likeness (QED) is 0.479. The number of hydrogen-bond donors (Lipinski definition) is 1. The maximum atomic E-state index is 13.4. The van der Waals surface area contributed by atoms with Crippen LogP contribution in [0.1, 0.15) is 30.1 Å². The third-order valence-electron chi connectivity index (χ3n) is 2.44. The van der Waals surface area contributed by atoms with Crippen molar-refractivity contribution in [3.8, 4) is 5.75 Å².